The normalized spacial score (nSPS) is 16.9. The number of benzene rings is 1. The van der Waals surface area contributed by atoms with Crippen LogP contribution < -0.4 is 5.32 Å². The van der Waals surface area contributed by atoms with Crippen molar-refractivity contribution in [2.45, 2.75) is 71.1 Å². The van der Waals surface area contributed by atoms with Crippen molar-refractivity contribution in [3.8, 4) is 0 Å². The van der Waals surface area contributed by atoms with Gasteiger partial charge in [0, 0.05) is 13.7 Å². The highest BCUT2D eigenvalue weighted by Crippen LogP contribution is 2.37. The zero-order valence-electron chi connectivity index (χ0n) is 22.1. The average Bonchev–Trinajstić information content (AvgIpc) is 2.86. The molecule has 2 rings (SSSR count). The summed E-state index contributed by atoms with van der Waals surface area (Å²) in [6, 6.07) is 8.90. The van der Waals surface area contributed by atoms with Crippen LogP contribution in [0.4, 0.5) is 18.4 Å². The third-order valence-electron chi connectivity index (χ3n) is 4.72. The minimum atomic E-state index is -3.44. The van der Waals surface area contributed by atoms with Gasteiger partial charge in [0.25, 0.3) is 5.92 Å². The molecule has 0 radical (unpaired) electrons. The lowest BCUT2D eigenvalue weighted by atomic mass is 9.83. The summed E-state index contributed by atoms with van der Waals surface area (Å²) in [6.45, 7) is 11.9. The predicted molar refractivity (Wildman–Crippen MR) is 132 cm³/mol. The lowest BCUT2D eigenvalue weighted by Crippen LogP contribution is -2.69. The van der Waals surface area contributed by atoms with E-state index in [9.17, 15) is 9.59 Å². The summed E-state index contributed by atoms with van der Waals surface area (Å²) < 4.78 is 45.3. The van der Waals surface area contributed by atoms with Crippen LogP contribution >= 0.6 is 0 Å². The number of carbonyl (C=O) groups is 4. The Morgan fingerprint density at radius 3 is 2.14 bits per heavy atom. The van der Waals surface area contributed by atoms with E-state index in [-0.39, 0.29) is 26.0 Å². The molecule has 9 nitrogen and oxygen atoms in total. The molecule has 0 bridgehead atoms. The van der Waals surface area contributed by atoms with E-state index in [4.69, 9.17) is 23.8 Å². The highest BCUT2D eigenvalue weighted by molar-refractivity contribution is 5.71. The molecule has 0 saturated carbocycles. The van der Waals surface area contributed by atoms with Crippen molar-refractivity contribution in [3.05, 3.63) is 35.9 Å². The Bertz CT molecular complexity index is 759. The molecule has 1 unspecified atom stereocenters. The van der Waals surface area contributed by atoms with Gasteiger partial charge in [0.15, 0.2) is 0 Å². The van der Waals surface area contributed by atoms with E-state index in [0.717, 1.165) is 12.7 Å². The molecule has 1 aromatic rings. The molecule has 1 N–H and O–H groups in total. The third kappa shape index (κ3) is 11.6. The van der Waals surface area contributed by atoms with Crippen LogP contribution in [0.3, 0.4) is 0 Å². The Hall–Kier alpha value is -3.08. The van der Waals surface area contributed by atoms with Crippen molar-refractivity contribution in [2.75, 3.05) is 26.8 Å². The summed E-state index contributed by atoms with van der Waals surface area (Å²) in [7, 11) is 1.16. The highest BCUT2D eigenvalue weighted by atomic mass is 19.3. The van der Waals surface area contributed by atoms with E-state index in [1.165, 1.54) is 4.90 Å². The Morgan fingerprint density at radius 1 is 1.08 bits per heavy atom. The van der Waals surface area contributed by atoms with Crippen molar-refractivity contribution >= 4 is 25.8 Å². The first-order valence-electron chi connectivity index (χ1n) is 11.4. The summed E-state index contributed by atoms with van der Waals surface area (Å²) in [5, 5.41) is 2.33. The summed E-state index contributed by atoms with van der Waals surface area (Å²) in [5.41, 5.74) is -2.08. The molecule has 1 fully saturated rings. The molecule has 1 aliphatic rings. The molecule has 0 aromatic heterocycles. The number of alkyl halides is 2. The zero-order valence-corrected chi connectivity index (χ0v) is 22.1. The molecule has 36 heavy (non-hydrogen) atoms. The van der Waals surface area contributed by atoms with Crippen molar-refractivity contribution in [3.63, 3.8) is 0 Å². The van der Waals surface area contributed by atoms with Gasteiger partial charge in [0.2, 0.25) is 0 Å². The number of likely N-dealkylation sites (tertiary alicyclic amines) is 1. The monoisotopic (exact) mass is 518 g/mol. The lowest BCUT2D eigenvalue weighted by Gasteiger charge is -2.46. The lowest BCUT2D eigenvalue weighted by molar-refractivity contribution is -0.147. The fraction of sp³-hybridized carbons (Fsp3) is 0.600. The van der Waals surface area contributed by atoms with Gasteiger partial charge >= 0.3 is 12.2 Å². The first-order valence-corrected chi connectivity index (χ1v) is 11.4. The molecule has 1 aliphatic heterocycles. The molecule has 0 aliphatic carbocycles. The number of hydrogen-bond donors (Lipinski definition) is 1. The van der Waals surface area contributed by atoms with Gasteiger partial charge in [-0.2, -0.15) is 0 Å². The van der Waals surface area contributed by atoms with Gasteiger partial charge < -0.3 is 34.0 Å². The number of ether oxygens (including phenoxy) is 3. The quantitative estimate of drug-likeness (QED) is 0.585. The van der Waals surface area contributed by atoms with Crippen molar-refractivity contribution in [2.24, 2.45) is 0 Å². The van der Waals surface area contributed by atoms with Crippen LogP contribution in [0.2, 0.25) is 0 Å². The topological polar surface area (TPSA) is 111 Å². The smallest absolute Gasteiger partial charge is 0.410 e. The standard InChI is InChI=1S/C21H30F2N2O5.C2H6.2CH2O/c1-19(2,3)30-18(27)25-12-8-11-20(14-25,21(22,23)15-28-4)24-17(26)29-13-16-9-6-5-7-10-16;3*1-2/h5-7,9-10H,8,11-15H2,1-4H3,(H,24,26);1-2H3;2*1H2. The second kappa shape index (κ2) is 17.4. The molecule has 1 aromatic carbocycles. The van der Waals surface area contributed by atoms with Gasteiger partial charge in [-0.3, -0.25) is 0 Å². The Labute approximate surface area is 212 Å². The minimum Gasteiger partial charge on any atom is -0.445 e. The van der Waals surface area contributed by atoms with E-state index in [1.807, 2.05) is 33.5 Å². The minimum absolute atomic E-state index is 0.0386. The number of hydrogen-bond acceptors (Lipinski definition) is 7. The van der Waals surface area contributed by atoms with Crippen molar-refractivity contribution < 1.29 is 42.2 Å². The molecule has 11 heteroatoms. The van der Waals surface area contributed by atoms with Crippen LogP contribution in [-0.4, -0.2) is 74.5 Å². The summed E-state index contributed by atoms with van der Waals surface area (Å²) in [5.74, 6) is -3.44. The van der Waals surface area contributed by atoms with Gasteiger partial charge in [-0.1, -0.05) is 44.2 Å². The van der Waals surface area contributed by atoms with E-state index in [0.29, 0.717) is 0 Å². The number of nitrogens with zero attached hydrogens (tertiary/aromatic N) is 1. The molecular formula is C25H40F2N2O7. The van der Waals surface area contributed by atoms with Crippen LogP contribution in [0, 0.1) is 0 Å². The third-order valence-corrected chi connectivity index (χ3v) is 4.72. The Kier molecular flexibility index (Phi) is 16.9. The number of carbonyl (C=O) groups excluding carboxylic acids is 4. The molecule has 0 spiro atoms. The van der Waals surface area contributed by atoms with Crippen LogP contribution in [0.1, 0.15) is 53.0 Å². The van der Waals surface area contributed by atoms with Crippen LogP contribution in [0.5, 0.6) is 0 Å². The predicted octanol–water partition coefficient (Wildman–Crippen LogP) is 4.62. The fourth-order valence-corrected chi connectivity index (χ4v) is 3.30. The van der Waals surface area contributed by atoms with E-state index >= 15 is 8.78 Å². The number of alkyl carbamates (subject to hydrolysis) is 1. The highest BCUT2D eigenvalue weighted by Gasteiger charge is 2.57. The van der Waals surface area contributed by atoms with E-state index in [1.54, 1.807) is 45.0 Å². The summed E-state index contributed by atoms with van der Waals surface area (Å²) in [6.07, 6.45) is -1.47. The number of amides is 2. The zero-order chi connectivity index (χ0) is 28.4. The molecular weight excluding hydrogens is 478 g/mol. The molecule has 206 valence electrons. The molecule has 2 amide bonds. The summed E-state index contributed by atoms with van der Waals surface area (Å²) >= 11 is 0. The maximum Gasteiger partial charge on any atom is 0.410 e. The first kappa shape index (κ1) is 35.1. The maximum absolute atomic E-state index is 15.1. The van der Waals surface area contributed by atoms with Crippen molar-refractivity contribution in [1.82, 2.24) is 10.2 Å². The van der Waals surface area contributed by atoms with Gasteiger partial charge in [0.05, 0.1) is 6.54 Å². The van der Waals surface area contributed by atoms with Gasteiger partial charge in [-0.25, -0.2) is 18.4 Å². The van der Waals surface area contributed by atoms with Crippen LogP contribution in [0.25, 0.3) is 0 Å². The second-order valence-electron chi connectivity index (χ2n) is 8.41. The van der Waals surface area contributed by atoms with Gasteiger partial charge in [-0.05, 0) is 39.2 Å². The number of halogens is 2. The summed E-state index contributed by atoms with van der Waals surface area (Å²) in [4.78, 5) is 42.1. The molecule has 1 heterocycles. The number of rotatable bonds is 6. The van der Waals surface area contributed by atoms with E-state index in [2.05, 4.69) is 5.32 Å². The Balaban J connectivity index is 0. The SMILES string of the molecule is C=O.C=O.CC.COCC(F)(F)C1(NC(=O)OCc2ccccc2)CCCN(C(=O)OC(C)(C)C)C1. The number of piperidine rings is 1. The second-order valence-corrected chi connectivity index (χ2v) is 8.41. The first-order chi connectivity index (χ1) is 17.0. The number of methoxy groups -OCH3 is 1. The average molecular weight is 519 g/mol. The Morgan fingerprint density at radius 2 is 1.64 bits per heavy atom. The van der Waals surface area contributed by atoms with Crippen LogP contribution in [-0.2, 0) is 30.4 Å². The maximum atomic E-state index is 15.1. The van der Waals surface area contributed by atoms with Gasteiger partial charge in [0.1, 0.15) is 37.9 Å². The molecule has 1 saturated heterocycles. The van der Waals surface area contributed by atoms with E-state index < -0.39 is 42.4 Å². The largest absolute Gasteiger partial charge is 0.445 e. The number of nitrogens with one attached hydrogen (secondary N) is 1. The fourth-order valence-electron chi connectivity index (χ4n) is 3.30. The van der Waals surface area contributed by atoms with Gasteiger partial charge in [-0.15, -0.1) is 0 Å². The molecule has 1 atom stereocenters. The van der Waals surface area contributed by atoms with Crippen LogP contribution in [0.15, 0.2) is 30.3 Å². The van der Waals surface area contributed by atoms with Crippen molar-refractivity contribution in [1.29, 1.82) is 0 Å².